The fourth-order valence-electron chi connectivity index (χ4n) is 1.78. The lowest BCUT2D eigenvalue weighted by Crippen LogP contribution is -2.13. The molecule has 118 valence electrons. The molecule has 2 rings (SSSR count). The van der Waals surface area contributed by atoms with E-state index in [0.29, 0.717) is 21.2 Å². The zero-order valence-corrected chi connectivity index (χ0v) is 15.0. The number of aryl methyl sites for hydroxylation is 1. The molecule has 0 unspecified atom stereocenters. The van der Waals surface area contributed by atoms with Crippen molar-refractivity contribution in [2.24, 2.45) is 0 Å². The Hall–Kier alpha value is -1.15. The fourth-order valence-corrected chi connectivity index (χ4v) is 4.69. The minimum absolute atomic E-state index is 0.0556. The van der Waals surface area contributed by atoms with Gasteiger partial charge in [0.2, 0.25) is 0 Å². The van der Waals surface area contributed by atoms with E-state index in [9.17, 15) is 13.2 Å². The fraction of sp³-hybridized carbons (Fsp3) is 0.231. The smallest absolute Gasteiger partial charge is 0.265 e. The molecule has 0 spiro atoms. The SMILES string of the molecule is CC(=O)c1sc(NS(=O)(=O)c2ccc(Cl)c(C)c2Cl)nc1C. The van der Waals surface area contributed by atoms with Crippen molar-refractivity contribution in [1.82, 2.24) is 4.98 Å². The van der Waals surface area contributed by atoms with Gasteiger partial charge in [0, 0.05) is 11.9 Å². The Morgan fingerprint density at radius 2 is 1.91 bits per heavy atom. The summed E-state index contributed by atoms with van der Waals surface area (Å²) in [5.41, 5.74) is 0.958. The number of ketones is 1. The number of nitrogens with zero attached hydrogens (tertiary/aromatic N) is 1. The Balaban J connectivity index is 2.42. The van der Waals surface area contributed by atoms with E-state index in [-0.39, 0.29) is 20.8 Å². The van der Waals surface area contributed by atoms with Gasteiger partial charge in [-0.1, -0.05) is 34.5 Å². The summed E-state index contributed by atoms with van der Waals surface area (Å²) < 4.78 is 27.2. The van der Waals surface area contributed by atoms with Crippen LogP contribution in [0.3, 0.4) is 0 Å². The molecule has 0 radical (unpaired) electrons. The summed E-state index contributed by atoms with van der Waals surface area (Å²) in [6.45, 7) is 4.67. The summed E-state index contributed by atoms with van der Waals surface area (Å²) >= 11 is 13.0. The maximum Gasteiger partial charge on any atom is 0.265 e. The van der Waals surface area contributed by atoms with Crippen molar-refractivity contribution < 1.29 is 13.2 Å². The number of carbonyl (C=O) groups excluding carboxylic acids is 1. The Morgan fingerprint density at radius 3 is 2.45 bits per heavy atom. The van der Waals surface area contributed by atoms with E-state index in [4.69, 9.17) is 23.2 Å². The second-order valence-corrected chi connectivity index (χ2v) is 8.01. The van der Waals surface area contributed by atoms with Crippen LogP contribution in [0.2, 0.25) is 10.0 Å². The van der Waals surface area contributed by atoms with Gasteiger partial charge in [-0.3, -0.25) is 9.52 Å². The molecule has 0 fully saturated rings. The third-order valence-electron chi connectivity index (χ3n) is 2.91. The molecule has 0 aliphatic heterocycles. The zero-order chi connectivity index (χ0) is 16.7. The molecular formula is C13H12Cl2N2O3S2. The summed E-state index contributed by atoms with van der Waals surface area (Å²) in [5.74, 6) is -0.166. The van der Waals surface area contributed by atoms with E-state index in [1.807, 2.05) is 0 Å². The number of anilines is 1. The van der Waals surface area contributed by atoms with Crippen LogP contribution in [-0.2, 0) is 10.0 Å². The highest BCUT2D eigenvalue weighted by Crippen LogP contribution is 2.32. The lowest BCUT2D eigenvalue weighted by Gasteiger charge is -2.09. The number of Topliss-reactive ketones (excluding diaryl/α,β-unsaturated/α-hetero) is 1. The van der Waals surface area contributed by atoms with Crippen molar-refractivity contribution in [2.45, 2.75) is 25.7 Å². The van der Waals surface area contributed by atoms with Crippen molar-refractivity contribution in [3.63, 3.8) is 0 Å². The predicted octanol–water partition coefficient (Wildman–Crippen LogP) is 4.07. The highest BCUT2D eigenvalue weighted by Gasteiger charge is 2.22. The van der Waals surface area contributed by atoms with Crippen LogP contribution in [-0.4, -0.2) is 19.2 Å². The molecular weight excluding hydrogens is 367 g/mol. The summed E-state index contributed by atoms with van der Waals surface area (Å²) in [5, 5.41) is 0.555. The van der Waals surface area contributed by atoms with Crippen LogP contribution in [0.25, 0.3) is 0 Å². The van der Waals surface area contributed by atoms with E-state index in [1.165, 1.54) is 19.1 Å². The largest absolute Gasteiger partial charge is 0.294 e. The van der Waals surface area contributed by atoms with Crippen molar-refractivity contribution in [3.8, 4) is 0 Å². The van der Waals surface area contributed by atoms with Gasteiger partial charge in [0.25, 0.3) is 10.0 Å². The van der Waals surface area contributed by atoms with Gasteiger partial charge in [0.1, 0.15) is 4.90 Å². The molecule has 5 nitrogen and oxygen atoms in total. The summed E-state index contributed by atoms with van der Waals surface area (Å²) in [6, 6.07) is 2.79. The third-order valence-corrected chi connectivity index (χ3v) is 6.61. The van der Waals surface area contributed by atoms with Crippen LogP contribution in [0.1, 0.15) is 27.9 Å². The number of rotatable bonds is 4. The topological polar surface area (TPSA) is 76.1 Å². The van der Waals surface area contributed by atoms with Crippen molar-refractivity contribution in [2.75, 3.05) is 4.72 Å². The molecule has 1 N–H and O–H groups in total. The summed E-state index contributed by atoms with van der Waals surface area (Å²) in [4.78, 5) is 15.8. The highest BCUT2D eigenvalue weighted by molar-refractivity contribution is 7.93. The number of thiazole rings is 1. The molecule has 1 aromatic carbocycles. The summed E-state index contributed by atoms with van der Waals surface area (Å²) in [6.07, 6.45) is 0. The molecule has 0 saturated heterocycles. The zero-order valence-electron chi connectivity index (χ0n) is 11.9. The first kappa shape index (κ1) is 17.2. The summed E-state index contributed by atoms with van der Waals surface area (Å²) in [7, 11) is -3.92. The number of halogens is 2. The van der Waals surface area contributed by atoms with E-state index in [0.717, 1.165) is 11.3 Å². The number of benzene rings is 1. The number of hydrogen-bond acceptors (Lipinski definition) is 5. The Labute approximate surface area is 142 Å². The monoisotopic (exact) mass is 378 g/mol. The average Bonchev–Trinajstić information content (AvgIpc) is 2.76. The first-order chi connectivity index (χ1) is 10.1. The molecule has 0 atom stereocenters. The maximum atomic E-state index is 12.4. The molecule has 2 aromatic rings. The van der Waals surface area contributed by atoms with Crippen LogP contribution < -0.4 is 4.72 Å². The van der Waals surface area contributed by atoms with Crippen LogP contribution in [0, 0.1) is 13.8 Å². The predicted molar refractivity (Wildman–Crippen MR) is 88.9 cm³/mol. The highest BCUT2D eigenvalue weighted by atomic mass is 35.5. The normalized spacial score (nSPS) is 11.5. The minimum atomic E-state index is -3.92. The molecule has 1 aromatic heterocycles. The molecule has 0 saturated carbocycles. The van der Waals surface area contributed by atoms with Gasteiger partial charge < -0.3 is 0 Å². The Kier molecular flexibility index (Phi) is 4.81. The molecule has 0 bridgehead atoms. The number of hydrogen-bond donors (Lipinski definition) is 1. The molecule has 0 aliphatic rings. The Bertz CT molecular complexity index is 860. The van der Waals surface area contributed by atoms with Crippen LogP contribution in [0.4, 0.5) is 5.13 Å². The van der Waals surface area contributed by atoms with E-state index >= 15 is 0 Å². The van der Waals surface area contributed by atoms with Gasteiger partial charge in [-0.05, 0) is 31.5 Å². The van der Waals surface area contributed by atoms with Gasteiger partial charge in [-0.2, -0.15) is 0 Å². The number of carbonyl (C=O) groups is 1. The van der Waals surface area contributed by atoms with E-state index in [2.05, 4.69) is 9.71 Å². The quantitative estimate of drug-likeness (QED) is 0.813. The van der Waals surface area contributed by atoms with Crippen LogP contribution in [0.15, 0.2) is 17.0 Å². The van der Waals surface area contributed by atoms with Crippen molar-refractivity contribution >= 4 is 55.5 Å². The van der Waals surface area contributed by atoms with Gasteiger partial charge in [0.15, 0.2) is 10.9 Å². The second-order valence-electron chi connectivity index (χ2n) is 4.58. The van der Waals surface area contributed by atoms with Gasteiger partial charge in [0.05, 0.1) is 15.6 Å². The third kappa shape index (κ3) is 3.27. The molecule has 0 aliphatic carbocycles. The lowest BCUT2D eigenvalue weighted by atomic mass is 10.2. The van der Waals surface area contributed by atoms with E-state index < -0.39 is 10.0 Å². The molecule has 22 heavy (non-hydrogen) atoms. The second kappa shape index (κ2) is 6.16. The number of aromatic nitrogens is 1. The van der Waals surface area contributed by atoms with E-state index in [1.54, 1.807) is 13.8 Å². The molecule has 0 amide bonds. The van der Waals surface area contributed by atoms with Crippen LogP contribution >= 0.6 is 34.5 Å². The maximum absolute atomic E-state index is 12.4. The lowest BCUT2D eigenvalue weighted by molar-refractivity contribution is 0.102. The minimum Gasteiger partial charge on any atom is -0.294 e. The molecule has 1 heterocycles. The van der Waals surface area contributed by atoms with Gasteiger partial charge in [-0.25, -0.2) is 13.4 Å². The average molecular weight is 379 g/mol. The number of nitrogens with one attached hydrogen (secondary N) is 1. The first-order valence-electron chi connectivity index (χ1n) is 6.09. The van der Waals surface area contributed by atoms with Crippen molar-refractivity contribution in [1.29, 1.82) is 0 Å². The first-order valence-corrected chi connectivity index (χ1v) is 9.15. The number of sulfonamides is 1. The van der Waals surface area contributed by atoms with Crippen molar-refractivity contribution in [3.05, 3.63) is 38.3 Å². The van der Waals surface area contributed by atoms with Gasteiger partial charge in [-0.15, -0.1) is 0 Å². The van der Waals surface area contributed by atoms with Gasteiger partial charge >= 0.3 is 0 Å². The standard InChI is InChI=1S/C13H12Cl2N2O3S2/c1-6-9(14)4-5-10(11(6)15)22(19,20)17-13-16-7(2)12(21-13)8(3)18/h4-5H,1-3H3,(H,16,17). The molecule has 9 heteroatoms. The van der Waals surface area contributed by atoms with Crippen LogP contribution in [0.5, 0.6) is 0 Å². The Morgan fingerprint density at radius 1 is 1.27 bits per heavy atom.